The number of hydrogen-bond acceptors (Lipinski definition) is 7. The van der Waals surface area contributed by atoms with E-state index in [0.29, 0.717) is 23.5 Å². The van der Waals surface area contributed by atoms with Crippen LogP contribution in [0.15, 0.2) is 41.6 Å². The molecule has 1 atom stereocenters. The van der Waals surface area contributed by atoms with E-state index in [1.807, 2.05) is 0 Å². The molecule has 0 fully saturated rings. The van der Waals surface area contributed by atoms with E-state index >= 15 is 0 Å². The van der Waals surface area contributed by atoms with Gasteiger partial charge in [0.2, 0.25) is 0 Å². The lowest BCUT2D eigenvalue weighted by Crippen LogP contribution is -2.30. The molecule has 1 aliphatic rings. The first-order chi connectivity index (χ1) is 12.9. The summed E-state index contributed by atoms with van der Waals surface area (Å²) >= 11 is 0. The van der Waals surface area contributed by atoms with Crippen LogP contribution in [0.25, 0.3) is 0 Å². The van der Waals surface area contributed by atoms with Gasteiger partial charge in [-0.1, -0.05) is 6.07 Å². The van der Waals surface area contributed by atoms with Crippen LogP contribution in [-0.2, 0) is 26.0 Å². The van der Waals surface area contributed by atoms with E-state index in [1.165, 1.54) is 26.4 Å². The lowest BCUT2D eigenvalue weighted by atomic mass is 10.1. The van der Waals surface area contributed by atoms with Crippen molar-refractivity contribution in [2.24, 2.45) is 0 Å². The number of sulfonamides is 1. The highest BCUT2D eigenvalue weighted by molar-refractivity contribution is 7.92. The molecule has 1 aliphatic heterocycles. The number of ether oxygens (including phenoxy) is 2. The topological polar surface area (TPSA) is 97.8 Å². The Morgan fingerprint density at radius 1 is 1.37 bits per heavy atom. The van der Waals surface area contributed by atoms with Crippen LogP contribution in [-0.4, -0.2) is 46.2 Å². The fourth-order valence-electron chi connectivity index (χ4n) is 2.95. The number of benzene rings is 1. The van der Waals surface area contributed by atoms with E-state index in [1.54, 1.807) is 31.2 Å². The molecule has 2 heterocycles. The molecule has 1 aromatic heterocycles. The highest BCUT2D eigenvalue weighted by Gasteiger charge is 2.33. The molecule has 0 aliphatic carbocycles. The smallest absolute Gasteiger partial charge is 0.328 e. The number of fused-ring (bicyclic) bond motifs is 1. The molecule has 0 bridgehead atoms. The van der Waals surface area contributed by atoms with Gasteiger partial charge < -0.3 is 14.8 Å². The van der Waals surface area contributed by atoms with Gasteiger partial charge in [0.1, 0.15) is 11.8 Å². The Hall–Kier alpha value is -2.81. The second-order valence-electron chi connectivity index (χ2n) is 5.97. The molecule has 0 spiro atoms. The SMILES string of the molecule is CCOC(=O)C1Cc2cc(OC)cc(N(C)S(=O)(=O)c3ccccn3)c2N1. The van der Waals surface area contributed by atoms with E-state index in [4.69, 9.17) is 9.47 Å². The highest BCUT2D eigenvalue weighted by atomic mass is 32.2. The largest absolute Gasteiger partial charge is 0.497 e. The molecule has 9 heteroatoms. The van der Waals surface area contributed by atoms with Crippen molar-refractivity contribution < 1.29 is 22.7 Å². The number of pyridine rings is 1. The van der Waals surface area contributed by atoms with Crippen LogP contribution in [0.4, 0.5) is 11.4 Å². The number of carbonyl (C=O) groups is 1. The van der Waals surface area contributed by atoms with E-state index in [-0.39, 0.29) is 17.6 Å². The zero-order valence-corrected chi connectivity index (χ0v) is 16.1. The summed E-state index contributed by atoms with van der Waals surface area (Å²) in [5.74, 6) is 0.118. The molecule has 144 valence electrons. The van der Waals surface area contributed by atoms with Gasteiger partial charge in [-0.25, -0.2) is 9.78 Å². The van der Waals surface area contributed by atoms with E-state index < -0.39 is 16.1 Å². The zero-order valence-electron chi connectivity index (χ0n) is 15.3. The normalized spacial score (nSPS) is 15.6. The maximum atomic E-state index is 13.0. The first-order valence-corrected chi connectivity index (χ1v) is 9.86. The molecule has 0 radical (unpaired) electrons. The first-order valence-electron chi connectivity index (χ1n) is 8.42. The molecule has 8 nitrogen and oxygen atoms in total. The number of nitrogens with zero attached hydrogens (tertiary/aromatic N) is 2. The summed E-state index contributed by atoms with van der Waals surface area (Å²) in [6.45, 7) is 2.01. The molecule has 1 aromatic carbocycles. The predicted octanol–water partition coefficient (Wildman–Crippen LogP) is 1.81. The monoisotopic (exact) mass is 391 g/mol. The Bertz CT molecular complexity index is 947. The molecule has 0 saturated heterocycles. The van der Waals surface area contributed by atoms with Crippen molar-refractivity contribution in [2.75, 3.05) is 30.4 Å². The van der Waals surface area contributed by atoms with Crippen molar-refractivity contribution in [3.05, 3.63) is 42.1 Å². The number of carbonyl (C=O) groups excluding carboxylic acids is 1. The van der Waals surface area contributed by atoms with Gasteiger partial charge in [0.15, 0.2) is 5.03 Å². The van der Waals surface area contributed by atoms with Gasteiger partial charge in [-0.05, 0) is 30.7 Å². The second kappa shape index (κ2) is 7.43. The lowest BCUT2D eigenvalue weighted by Gasteiger charge is -2.22. The molecule has 0 amide bonds. The zero-order chi connectivity index (χ0) is 19.6. The number of aromatic nitrogens is 1. The van der Waals surface area contributed by atoms with Crippen molar-refractivity contribution in [1.82, 2.24) is 4.98 Å². The fraction of sp³-hybridized carbons (Fsp3) is 0.333. The first kappa shape index (κ1) is 19.0. The van der Waals surface area contributed by atoms with Gasteiger partial charge in [-0.15, -0.1) is 0 Å². The minimum atomic E-state index is -3.88. The quantitative estimate of drug-likeness (QED) is 0.750. The van der Waals surface area contributed by atoms with Crippen molar-refractivity contribution in [2.45, 2.75) is 24.4 Å². The van der Waals surface area contributed by atoms with Crippen LogP contribution in [0.1, 0.15) is 12.5 Å². The van der Waals surface area contributed by atoms with E-state index in [9.17, 15) is 13.2 Å². The number of hydrogen-bond donors (Lipinski definition) is 1. The molecule has 27 heavy (non-hydrogen) atoms. The number of methoxy groups -OCH3 is 1. The lowest BCUT2D eigenvalue weighted by molar-refractivity contribution is -0.143. The summed E-state index contributed by atoms with van der Waals surface area (Å²) in [5, 5.41) is 3.02. The fourth-order valence-corrected chi connectivity index (χ4v) is 4.08. The van der Waals surface area contributed by atoms with Crippen LogP contribution >= 0.6 is 0 Å². The summed E-state index contributed by atoms with van der Waals surface area (Å²) in [7, 11) is -0.929. The van der Waals surface area contributed by atoms with Crippen LogP contribution in [0, 0.1) is 0 Å². The minimum Gasteiger partial charge on any atom is -0.497 e. The van der Waals surface area contributed by atoms with E-state index in [2.05, 4.69) is 10.3 Å². The van der Waals surface area contributed by atoms with Crippen LogP contribution < -0.4 is 14.4 Å². The van der Waals surface area contributed by atoms with Crippen molar-refractivity contribution in [3.8, 4) is 5.75 Å². The van der Waals surface area contributed by atoms with E-state index in [0.717, 1.165) is 9.87 Å². The maximum Gasteiger partial charge on any atom is 0.328 e. The third kappa shape index (κ3) is 3.55. The summed E-state index contributed by atoms with van der Waals surface area (Å²) in [4.78, 5) is 16.1. The Morgan fingerprint density at radius 2 is 2.15 bits per heavy atom. The van der Waals surface area contributed by atoms with Crippen LogP contribution in [0.3, 0.4) is 0 Å². The molecule has 1 N–H and O–H groups in total. The summed E-state index contributed by atoms with van der Waals surface area (Å²) < 4.78 is 37.4. The second-order valence-corrected chi connectivity index (χ2v) is 7.89. The Labute approximate surface area is 158 Å². The third-order valence-electron chi connectivity index (χ3n) is 4.32. The van der Waals surface area contributed by atoms with Gasteiger partial charge in [0.05, 0.1) is 25.1 Å². The van der Waals surface area contributed by atoms with Crippen LogP contribution in [0.2, 0.25) is 0 Å². The minimum absolute atomic E-state index is 0.0657. The third-order valence-corrected chi connectivity index (χ3v) is 6.01. The standard InChI is InChI=1S/C18H21N3O5S/c1-4-26-18(22)14-10-12-9-13(25-3)11-15(17(12)20-14)21(2)27(23,24)16-7-5-6-8-19-16/h5-9,11,14,20H,4,10H2,1-3H3. The molecule has 1 unspecified atom stereocenters. The van der Waals surface area contributed by atoms with Gasteiger partial charge in [-0.3, -0.25) is 4.31 Å². The maximum absolute atomic E-state index is 13.0. The van der Waals surface area contributed by atoms with Gasteiger partial charge >= 0.3 is 5.97 Å². The van der Waals surface area contributed by atoms with Gasteiger partial charge in [0.25, 0.3) is 10.0 Å². The van der Waals surface area contributed by atoms with Gasteiger partial charge in [-0.2, -0.15) is 8.42 Å². The van der Waals surface area contributed by atoms with Crippen LogP contribution in [0.5, 0.6) is 5.75 Å². The number of anilines is 2. The Morgan fingerprint density at radius 3 is 2.78 bits per heavy atom. The average molecular weight is 391 g/mol. The summed E-state index contributed by atoms with van der Waals surface area (Å²) in [6, 6.07) is 7.51. The highest BCUT2D eigenvalue weighted by Crippen LogP contribution is 2.40. The Balaban J connectivity index is 2.02. The van der Waals surface area contributed by atoms with Crippen molar-refractivity contribution in [1.29, 1.82) is 0 Å². The van der Waals surface area contributed by atoms with Crippen molar-refractivity contribution >= 4 is 27.4 Å². The average Bonchev–Trinajstić information content (AvgIpc) is 3.11. The number of esters is 1. The Kier molecular flexibility index (Phi) is 5.22. The predicted molar refractivity (Wildman–Crippen MR) is 101 cm³/mol. The molecule has 2 aromatic rings. The summed E-state index contributed by atoms with van der Waals surface area (Å²) in [6.07, 6.45) is 1.81. The molecule has 3 rings (SSSR count). The molecule has 0 saturated carbocycles. The summed E-state index contributed by atoms with van der Waals surface area (Å²) in [5.41, 5.74) is 1.73. The number of rotatable bonds is 6. The van der Waals surface area contributed by atoms with Gasteiger partial charge in [0, 0.05) is 25.7 Å². The number of nitrogens with one attached hydrogen (secondary N) is 1. The van der Waals surface area contributed by atoms with Crippen molar-refractivity contribution in [3.63, 3.8) is 0 Å². The molecular weight excluding hydrogens is 370 g/mol. The molecular formula is C18H21N3O5S.